The van der Waals surface area contributed by atoms with Crippen molar-refractivity contribution in [3.05, 3.63) is 16.9 Å². The van der Waals surface area contributed by atoms with E-state index >= 15 is 0 Å². The Morgan fingerprint density at radius 1 is 1.33 bits per heavy atom. The van der Waals surface area contributed by atoms with Gasteiger partial charge < -0.3 is 14.0 Å². The van der Waals surface area contributed by atoms with Gasteiger partial charge >= 0.3 is 0 Å². The number of fused-ring (bicyclic) bond motifs is 2. The molecular weight excluding hydrogens is 288 g/mol. The summed E-state index contributed by atoms with van der Waals surface area (Å²) in [6, 6.07) is 3.93. The summed E-state index contributed by atoms with van der Waals surface area (Å²) >= 11 is 1.52. The minimum absolute atomic E-state index is 0.0503. The topological polar surface area (TPSA) is 52.8 Å². The van der Waals surface area contributed by atoms with E-state index in [-0.39, 0.29) is 12.7 Å². The van der Waals surface area contributed by atoms with Crippen molar-refractivity contribution in [2.45, 2.75) is 39.7 Å². The molecule has 0 aliphatic carbocycles. The van der Waals surface area contributed by atoms with Gasteiger partial charge in [0.15, 0.2) is 16.3 Å². The molecule has 6 heteroatoms. The summed E-state index contributed by atoms with van der Waals surface area (Å²) in [4.78, 5) is 16.9. The first-order valence-electron chi connectivity index (χ1n) is 7.23. The van der Waals surface area contributed by atoms with Crippen molar-refractivity contribution in [3.63, 3.8) is 0 Å². The highest BCUT2D eigenvalue weighted by molar-refractivity contribution is 7.16. The summed E-state index contributed by atoms with van der Waals surface area (Å²) in [5.41, 5.74) is 1.04. The fourth-order valence-corrected chi connectivity index (χ4v) is 3.46. The number of aryl methyl sites for hydroxylation is 1. The Morgan fingerprint density at radius 3 is 2.81 bits per heavy atom. The van der Waals surface area contributed by atoms with Crippen LogP contribution in [0.3, 0.4) is 0 Å². The number of aromatic nitrogens is 1. The predicted molar refractivity (Wildman–Crippen MR) is 81.7 cm³/mol. The lowest BCUT2D eigenvalue weighted by atomic mass is 10.2. The van der Waals surface area contributed by atoms with E-state index < -0.39 is 0 Å². The van der Waals surface area contributed by atoms with Crippen LogP contribution in [0.5, 0.6) is 11.5 Å². The first-order chi connectivity index (χ1) is 10.2. The Labute approximate surface area is 126 Å². The van der Waals surface area contributed by atoms with Crippen molar-refractivity contribution in [2.24, 2.45) is 4.99 Å². The highest BCUT2D eigenvalue weighted by Crippen LogP contribution is 2.36. The molecule has 0 atom stereocenters. The second kappa shape index (κ2) is 5.89. The first kappa shape index (κ1) is 14.1. The smallest absolute Gasteiger partial charge is 0.248 e. The van der Waals surface area contributed by atoms with Gasteiger partial charge in [-0.25, -0.2) is 0 Å². The van der Waals surface area contributed by atoms with E-state index in [1.165, 1.54) is 11.3 Å². The van der Waals surface area contributed by atoms with Crippen LogP contribution < -0.4 is 14.3 Å². The number of thiazole rings is 1. The molecule has 0 unspecified atom stereocenters. The van der Waals surface area contributed by atoms with Crippen molar-refractivity contribution >= 4 is 27.5 Å². The molecule has 112 valence electrons. The summed E-state index contributed by atoms with van der Waals surface area (Å²) in [5.74, 6) is 1.47. The summed E-state index contributed by atoms with van der Waals surface area (Å²) in [6.45, 7) is 5.15. The summed E-state index contributed by atoms with van der Waals surface area (Å²) in [6.07, 6.45) is 2.40. The standard InChI is InChI=1S/C15H18N2O3S/c1-3-5-6-14(18)16-15-17(4-2)10-7-11-12(20-9-19-11)8-13(10)21-15/h7-8H,3-6,9H2,1-2H3. The number of amides is 1. The largest absolute Gasteiger partial charge is 0.454 e. The van der Waals surface area contributed by atoms with Gasteiger partial charge in [0.2, 0.25) is 12.7 Å². The Balaban J connectivity index is 2.07. The van der Waals surface area contributed by atoms with Crippen LogP contribution >= 0.6 is 11.3 Å². The zero-order chi connectivity index (χ0) is 14.8. The average molecular weight is 306 g/mol. The normalized spacial score (nSPS) is 14.1. The second-order valence-electron chi connectivity index (χ2n) is 4.91. The van der Waals surface area contributed by atoms with Gasteiger partial charge in [-0.15, -0.1) is 0 Å². The molecule has 5 nitrogen and oxygen atoms in total. The molecule has 0 radical (unpaired) electrons. The number of unbranched alkanes of at least 4 members (excludes halogenated alkanes) is 1. The van der Waals surface area contributed by atoms with Gasteiger partial charge in [0.05, 0.1) is 10.2 Å². The van der Waals surface area contributed by atoms with Gasteiger partial charge in [-0.1, -0.05) is 24.7 Å². The van der Waals surface area contributed by atoms with Gasteiger partial charge in [-0.3, -0.25) is 4.79 Å². The van der Waals surface area contributed by atoms with Crippen molar-refractivity contribution in [1.29, 1.82) is 0 Å². The van der Waals surface area contributed by atoms with E-state index in [0.29, 0.717) is 6.42 Å². The molecule has 21 heavy (non-hydrogen) atoms. The maximum absolute atomic E-state index is 11.9. The van der Waals surface area contributed by atoms with Gasteiger partial charge in [0.1, 0.15) is 0 Å². The SMILES string of the molecule is CCCCC(=O)N=c1sc2cc3c(cc2n1CC)OCO3. The Morgan fingerprint density at radius 2 is 2.10 bits per heavy atom. The lowest BCUT2D eigenvalue weighted by Crippen LogP contribution is -2.15. The van der Waals surface area contributed by atoms with Crippen LogP contribution in [-0.4, -0.2) is 17.3 Å². The Kier molecular flexibility index (Phi) is 3.96. The molecule has 0 bridgehead atoms. The van der Waals surface area contributed by atoms with E-state index in [0.717, 1.165) is 45.9 Å². The monoisotopic (exact) mass is 306 g/mol. The lowest BCUT2D eigenvalue weighted by molar-refractivity contribution is -0.118. The van der Waals surface area contributed by atoms with Gasteiger partial charge in [-0.05, 0) is 13.3 Å². The van der Waals surface area contributed by atoms with Crippen LogP contribution in [-0.2, 0) is 11.3 Å². The van der Waals surface area contributed by atoms with Crippen molar-refractivity contribution in [2.75, 3.05) is 6.79 Å². The first-order valence-corrected chi connectivity index (χ1v) is 8.05. The van der Waals surface area contributed by atoms with Crippen LogP contribution in [0.15, 0.2) is 17.1 Å². The van der Waals surface area contributed by atoms with Crippen molar-refractivity contribution < 1.29 is 14.3 Å². The van der Waals surface area contributed by atoms with E-state index in [4.69, 9.17) is 9.47 Å². The zero-order valence-electron chi connectivity index (χ0n) is 12.2. The number of ether oxygens (including phenoxy) is 2. The van der Waals surface area contributed by atoms with Crippen molar-refractivity contribution in [3.8, 4) is 11.5 Å². The summed E-state index contributed by atoms with van der Waals surface area (Å²) < 4.78 is 13.9. The molecule has 3 rings (SSSR count). The molecule has 2 heterocycles. The quantitative estimate of drug-likeness (QED) is 0.872. The number of carbonyl (C=O) groups excluding carboxylic acids is 1. The minimum Gasteiger partial charge on any atom is -0.454 e. The van der Waals surface area contributed by atoms with Crippen molar-refractivity contribution in [1.82, 2.24) is 4.57 Å². The van der Waals surface area contributed by atoms with E-state index in [9.17, 15) is 4.79 Å². The number of rotatable bonds is 4. The van der Waals surface area contributed by atoms with Crippen LogP contribution in [0.4, 0.5) is 0 Å². The third-order valence-corrected chi connectivity index (χ3v) is 4.50. The molecule has 0 saturated carbocycles. The third-order valence-electron chi connectivity index (χ3n) is 3.46. The molecule has 1 amide bonds. The number of carbonyl (C=O) groups is 1. The lowest BCUT2D eigenvalue weighted by Gasteiger charge is -2.01. The van der Waals surface area contributed by atoms with E-state index in [2.05, 4.69) is 11.9 Å². The Bertz CT molecular complexity index is 745. The molecule has 1 aromatic carbocycles. The minimum atomic E-state index is -0.0503. The molecule has 0 N–H and O–H groups in total. The highest BCUT2D eigenvalue weighted by Gasteiger charge is 2.17. The summed E-state index contributed by atoms with van der Waals surface area (Å²) in [7, 11) is 0. The van der Waals surface area contributed by atoms with Gasteiger partial charge in [-0.2, -0.15) is 4.99 Å². The fourth-order valence-electron chi connectivity index (χ4n) is 2.34. The highest BCUT2D eigenvalue weighted by atomic mass is 32.1. The van der Waals surface area contributed by atoms with Gasteiger partial charge in [0, 0.05) is 25.1 Å². The van der Waals surface area contributed by atoms with Crippen LogP contribution in [0.2, 0.25) is 0 Å². The molecule has 1 aliphatic rings. The van der Waals surface area contributed by atoms with Crippen LogP contribution in [0.1, 0.15) is 33.1 Å². The van der Waals surface area contributed by atoms with Crippen LogP contribution in [0, 0.1) is 0 Å². The van der Waals surface area contributed by atoms with E-state index in [1.807, 2.05) is 23.6 Å². The third kappa shape index (κ3) is 2.68. The summed E-state index contributed by atoms with van der Waals surface area (Å²) in [5, 5.41) is 0. The maximum atomic E-state index is 11.9. The maximum Gasteiger partial charge on any atom is 0.248 e. The molecule has 1 aromatic heterocycles. The molecule has 2 aromatic rings. The van der Waals surface area contributed by atoms with E-state index in [1.54, 1.807) is 0 Å². The number of benzene rings is 1. The second-order valence-corrected chi connectivity index (χ2v) is 5.92. The Hall–Kier alpha value is -1.82. The number of nitrogens with zero attached hydrogens (tertiary/aromatic N) is 2. The predicted octanol–water partition coefficient (Wildman–Crippen LogP) is 3.07. The number of hydrogen-bond acceptors (Lipinski definition) is 4. The van der Waals surface area contributed by atoms with Crippen LogP contribution in [0.25, 0.3) is 10.2 Å². The molecule has 0 spiro atoms. The molecular formula is C15H18N2O3S. The fraction of sp³-hybridized carbons (Fsp3) is 0.467. The van der Waals surface area contributed by atoms with Gasteiger partial charge in [0.25, 0.3) is 0 Å². The average Bonchev–Trinajstić information content (AvgIpc) is 3.05. The molecule has 0 fully saturated rings. The number of hydrogen-bond donors (Lipinski definition) is 0. The molecule has 1 aliphatic heterocycles. The molecule has 0 saturated heterocycles. The zero-order valence-corrected chi connectivity index (χ0v) is 13.0.